The Hall–Kier alpha value is -1.26. The molecule has 0 bridgehead atoms. The van der Waals surface area contributed by atoms with Crippen molar-refractivity contribution in [3.05, 3.63) is 0 Å². The highest BCUT2D eigenvalue weighted by atomic mass is 16.1. The Morgan fingerprint density at radius 3 is 2.95 bits per heavy atom. The molecule has 1 saturated heterocycles. The normalized spacial score (nSPS) is 22.2. The monoisotopic (exact) mass is 268 g/mol. The first-order valence-corrected chi connectivity index (χ1v) is 7.37. The molecule has 1 heterocycles. The van der Waals surface area contributed by atoms with Crippen molar-refractivity contribution in [3.8, 4) is 0 Å². The molecule has 0 aromatic carbocycles. The van der Waals surface area contributed by atoms with Gasteiger partial charge in [-0.15, -0.1) is 0 Å². The van der Waals surface area contributed by atoms with E-state index in [1.165, 1.54) is 12.8 Å². The first-order valence-electron chi connectivity index (χ1n) is 7.37. The van der Waals surface area contributed by atoms with Gasteiger partial charge in [0.15, 0.2) is 5.96 Å². The zero-order valence-electron chi connectivity index (χ0n) is 12.5. The van der Waals surface area contributed by atoms with E-state index in [-0.39, 0.29) is 11.9 Å². The summed E-state index contributed by atoms with van der Waals surface area (Å²) < 4.78 is 0. The summed E-state index contributed by atoms with van der Waals surface area (Å²) in [6.45, 7) is 8.73. The molecule has 2 unspecified atom stereocenters. The number of hydrogen-bond donors (Lipinski definition) is 2. The van der Waals surface area contributed by atoms with Gasteiger partial charge in [-0.3, -0.25) is 9.79 Å². The lowest BCUT2D eigenvalue weighted by atomic mass is 10.0. The number of rotatable bonds is 5. The predicted molar refractivity (Wildman–Crippen MR) is 79.0 cm³/mol. The maximum Gasteiger partial charge on any atom is 0.222 e. The number of aliphatic imine (C=N–C) groups is 1. The lowest BCUT2D eigenvalue weighted by molar-refractivity contribution is -0.121. The van der Waals surface area contributed by atoms with Crippen LogP contribution in [0.1, 0.15) is 46.5 Å². The molecule has 1 aliphatic rings. The summed E-state index contributed by atoms with van der Waals surface area (Å²) in [5.41, 5.74) is 5.97. The van der Waals surface area contributed by atoms with Crippen molar-refractivity contribution < 1.29 is 4.79 Å². The first kappa shape index (κ1) is 15.8. The van der Waals surface area contributed by atoms with Crippen LogP contribution in [0.4, 0.5) is 0 Å². The van der Waals surface area contributed by atoms with Gasteiger partial charge in [0.05, 0.1) is 6.54 Å². The fraction of sp³-hybridized carbons (Fsp3) is 0.857. The summed E-state index contributed by atoms with van der Waals surface area (Å²) in [5.74, 6) is 1.32. The van der Waals surface area contributed by atoms with E-state index in [9.17, 15) is 4.79 Å². The Labute approximate surface area is 116 Å². The molecule has 0 spiro atoms. The topological polar surface area (TPSA) is 70.7 Å². The van der Waals surface area contributed by atoms with Gasteiger partial charge in [-0.1, -0.05) is 13.8 Å². The number of likely N-dealkylation sites (tertiary alicyclic amines) is 1. The number of nitrogens with one attached hydrogen (secondary N) is 1. The van der Waals surface area contributed by atoms with Crippen LogP contribution < -0.4 is 11.1 Å². The van der Waals surface area contributed by atoms with Crippen LogP contribution in [0.25, 0.3) is 0 Å². The van der Waals surface area contributed by atoms with Gasteiger partial charge in [-0.2, -0.15) is 0 Å². The quantitative estimate of drug-likeness (QED) is 0.584. The van der Waals surface area contributed by atoms with Crippen LogP contribution in [-0.4, -0.2) is 42.4 Å². The first-order chi connectivity index (χ1) is 9.02. The highest BCUT2D eigenvalue weighted by molar-refractivity contribution is 5.79. The molecule has 0 aliphatic carbocycles. The Morgan fingerprint density at radius 2 is 2.32 bits per heavy atom. The van der Waals surface area contributed by atoms with E-state index in [4.69, 9.17) is 5.73 Å². The van der Waals surface area contributed by atoms with Crippen LogP contribution in [0, 0.1) is 5.92 Å². The van der Waals surface area contributed by atoms with E-state index >= 15 is 0 Å². The summed E-state index contributed by atoms with van der Waals surface area (Å²) in [7, 11) is 0. The van der Waals surface area contributed by atoms with E-state index in [0.29, 0.717) is 24.8 Å². The summed E-state index contributed by atoms with van der Waals surface area (Å²) in [5, 5.41) is 2.93. The van der Waals surface area contributed by atoms with Crippen LogP contribution in [0.3, 0.4) is 0 Å². The van der Waals surface area contributed by atoms with Gasteiger partial charge >= 0.3 is 0 Å². The molecule has 5 heteroatoms. The van der Waals surface area contributed by atoms with Crippen molar-refractivity contribution in [2.24, 2.45) is 16.6 Å². The van der Waals surface area contributed by atoms with Gasteiger partial charge in [-0.05, 0) is 32.1 Å². The van der Waals surface area contributed by atoms with E-state index in [0.717, 1.165) is 19.5 Å². The van der Waals surface area contributed by atoms with Gasteiger partial charge in [0, 0.05) is 25.6 Å². The van der Waals surface area contributed by atoms with Crippen molar-refractivity contribution in [1.29, 1.82) is 0 Å². The minimum atomic E-state index is 0.0536. The zero-order chi connectivity index (χ0) is 14.3. The van der Waals surface area contributed by atoms with Crippen molar-refractivity contribution in [1.82, 2.24) is 10.2 Å². The van der Waals surface area contributed by atoms with Crippen molar-refractivity contribution in [2.45, 2.75) is 52.5 Å². The molecule has 110 valence electrons. The number of piperidine rings is 1. The Kier molecular flexibility index (Phi) is 6.67. The van der Waals surface area contributed by atoms with Crippen molar-refractivity contribution in [2.75, 3.05) is 19.6 Å². The van der Waals surface area contributed by atoms with E-state index < -0.39 is 0 Å². The molecule has 5 nitrogen and oxygen atoms in total. The molecule has 1 amide bonds. The number of carbonyl (C=O) groups is 1. The molecule has 0 aromatic heterocycles. The third kappa shape index (κ3) is 5.94. The van der Waals surface area contributed by atoms with Gasteiger partial charge < -0.3 is 16.0 Å². The van der Waals surface area contributed by atoms with Crippen LogP contribution in [0.2, 0.25) is 0 Å². The Bertz CT molecular complexity index is 317. The predicted octanol–water partition coefficient (Wildman–Crippen LogP) is 1.34. The molecular formula is C14H28N4O. The molecule has 19 heavy (non-hydrogen) atoms. The number of nitrogens with two attached hydrogens (primary N) is 1. The number of amides is 1. The average Bonchev–Trinajstić information content (AvgIpc) is 2.38. The molecule has 1 aliphatic heterocycles. The van der Waals surface area contributed by atoms with Gasteiger partial charge in [0.25, 0.3) is 0 Å². The largest absolute Gasteiger partial charge is 0.370 e. The Morgan fingerprint density at radius 1 is 1.58 bits per heavy atom. The molecule has 3 N–H and O–H groups in total. The van der Waals surface area contributed by atoms with Gasteiger partial charge in [0.1, 0.15) is 0 Å². The fourth-order valence-corrected chi connectivity index (χ4v) is 2.22. The summed E-state index contributed by atoms with van der Waals surface area (Å²) >= 11 is 0. The smallest absolute Gasteiger partial charge is 0.222 e. The second-order valence-electron chi connectivity index (χ2n) is 5.56. The Balaban J connectivity index is 2.29. The molecule has 1 fully saturated rings. The molecule has 0 radical (unpaired) electrons. The third-order valence-corrected chi connectivity index (χ3v) is 3.61. The number of guanidine groups is 1. The molecule has 2 atom stereocenters. The fourth-order valence-electron chi connectivity index (χ4n) is 2.22. The number of carbonyl (C=O) groups excluding carboxylic acids is 1. The summed E-state index contributed by atoms with van der Waals surface area (Å²) in [6, 6.07) is 0.233. The van der Waals surface area contributed by atoms with Crippen molar-refractivity contribution in [3.63, 3.8) is 0 Å². The minimum Gasteiger partial charge on any atom is -0.370 e. The molecular weight excluding hydrogens is 240 g/mol. The summed E-state index contributed by atoms with van der Waals surface area (Å²) in [4.78, 5) is 18.0. The number of nitrogens with zero attached hydrogens (tertiary/aromatic N) is 2. The highest BCUT2D eigenvalue weighted by Crippen LogP contribution is 2.14. The van der Waals surface area contributed by atoms with Crippen LogP contribution in [0.15, 0.2) is 4.99 Å². The van der Waals surface area contributed by atoms with Crippen LogP contribution >= 0.6 is 0 Å². The summed E-state index contributed by atoms with van der Waals surface area (Å²) in [6.07, 6.45) is 3.80. The average molecular weight is 268 g/mol. The van der Waals surface area contributed by atoms with E-state index in [2.05, 4.69) is 29.1 Å². The third-order valence-electron chi connectivity index (χ3n) is 3.61. The maximum absolute atomic E-state index is 11.6. The maximum atomic E-state index is 11.6. The second-order valence-corrected chi connectivity index (χ2v) is 5.56. The SMILES string of the molecule is CCC(C)NC(=O)CCN=C(N)N1CCCC(C)C1. The molecule has 0 aromatic rings. The standard InChI is InChI=1S/C14H28N4O/c1-4-12(3)17-13(19)7-8-16-14(15)18-9-5-6-11(2)10-18/h11-12H,4-10H2,1-3H3,(H2,15,16)(H,17,19). The van der Waals surface area contributed by atoms with Crippen LogP contribution in [0.5, 0.6) is 0 Å². The lowest BCUT2D eigenvalue weighted by Crippen LogP contribution is -2.43. The highest BCUT2D eigenvalue weighted by Gasteiger charge is 2.17. The second kappa shape index (κ2) is 8.02. The van der Waals surface area contributed by atoms with Crippen molar-refractivity contribution >= 4 is 11.9 Å². The minimum absolute atomic E-state index is 0.0536. The van der Waals surface area contributed by atoms with Gasteiger partial charge in [-0.25, -0.2) is 0 Å². The van der Waals surface area contributed by atoms with E-state index in [1.807, 2.05) is 6.92 Å². The lowest BCUT2D eigenvalue weighted by Gasteiger charge is -2.31. The zero-order valence-corrected chi connectivity index (χ0v) is 12.5. The molecule has 0 saturated carbocycles. The molecule has 1 rings (SSSR count). The van der Waals surface area contributed by atoms with Gasteiger partial charge in [0.2, 0.25) is 5.91 Å². The number of hydrogen-bond acceptors (Lipinski definition) is 2. The van der Waals surface area contributed by atoms with E-state index in [1.54, 1.807) is 0 Å². The van der Waals surface area contributed by atoms with Crippen LogP contribution in [-0.2, 0) is 4.79 Å².